The Morgan fingerprint density at radius 3 is 2.44 bits per heavy atom. The Kier molecular flexibility index (Phi) is 12.3. The molecule has 1 heterocycles. The number of hydrogen-bond donors (Lipinski definition) is 0. The molecule has 0 aromatic heterocycles. The Balaban J connectivity index is 0.00000129. The number of ether oxygens (including phenoxy) is 5. The van der Waals surface area contributed by atoms with Crippen molar-refractivity contribution in [2.45, 2.75) is 45.7 Å². The second-order valence-corrected chi connectivity index (χ2v) is 4.94. The van der Waals surface area contributed by atoms with Crippen LogP contribution in [-0.2, 0) is 38.1 Å². The smallest absolute Gasteiger partial charge is 0.342 e. The van der Waals surface area contributed by atoms with E-state index in [1.807, 2.05) is 6.92 Å². The van der Waals surface area contributed by atoms with Gasteiger partial charge in [0.15, 0.2) is 6.29 Å². The summed E-state index contributed by atoms with van der Waals surface area (Å²) in [5.41, 5.74) is 0. The van der Waals surface area contributed by atoms with Crippen LogP contribution in [0.1, 0.15) is 27.2 Å². The number of carbonyl (C=O) groups is 3. The quantitative estimate of drug-likeness (QED) is 0.271. The molecule has 4 atom stereocenters. The van der Waals surface area contributed by atoms with Crippen molar-refractivity contribution < 1.29 is 38.1 Å². The second-order valence-electron chi connectivity index (χ2n) is 4.94. The number of rotatable bonds is 8. The van der Waals surface area contributed by atoms with Gasteiger partial charge in [-0.15, -0.1) is 12.3 Å². The highest BCUT2D eigenvalue weighted by Crippen LogP contribution is 2.27. The fourth-order valence-electron chi connectivity index (χ4n) is 1.88. The zero-order valence-electron chi connectivity index (χ0n) is 15.1. The van der Waals surface area contributed by atoms with Crippen LogP contribution in [0.4, 0.5) is 0 Å². The molecule has 0 aromatic carbocycles. The van der Waals surface area contributed by atoms with Gasteiger partial charge >= 0.3 is 11.9 Å². The van der Waals surface area contributed by atoms with Crippen LogP contribution in [0.3, 0.4) is 0 Å². The summed E-state index contributed by atoms with van der Waals surface area (Å²) in [6, 6.07) is 0. The van der Waals surface area contributed by atoms with Gasteiger partial charge in [-0.1, -0.05) is 0 Å². The van der Waals surface area contributed by atoms with Gasteiger partial charge in [0.1, 0.15) is 0 Å². The van der Waals surface area contributed by atoms with Crippen LogP contribution in [0.5, 0.6) is 0 Å². The monoisotopic (exact) mass is 358 g/mol. The van der Waals surface area contributed by atoms with Crippen LogP contribution in [0, 0.1) is 18.3 Å². The number of aldehydes is 1. The Hall–Kier alpha value is -1.95. The van der Waals surface area contributed by atoms with Crippen molar-refractivity contribution in [3.63, 3.8) is 0 Å². The number of terminal acetylenes is 1. The normalized spacial score (nSPS) is 22.8. The molecule has 1 aliphatic heterocycles. The second kappa shape index (κ2) is 13.4. The van der Waals surface area contributed by atoms with Crippen molar-refractivity contribution in [1.29, 1.82) is 0 Å². The standard InChI is InChI=1S/C14H18O7.C3H8O/c1-4-10-6-13(20-9(3)16)21-12(10)8-19-11(7-15)14(17)18-5-2;1-3-4-2/h1,7,10-13H,5-6,8H2,2-3H3;3H2,1-2H3. The van der Waals surface area contributed by atoms with Gasteiger partial charge in [-0.3, -0.25) is 9.59 Å². The minimum atomic E-state index is -1.32. The summed E-state index contributed by atoms with van der Waals surface area (Å²) in [7, 11) is 1.68. The van der Waals surface area contributed by atoms with Crippen molar-refractivity contribution in [3.05, 3.63) is 0 Å². The van der Waals surface area contributed by atoms with E-state index in [1.165, 1.54) is 6.92 Å². The van der Waals surface area contributed by atoms with Crippen molar-refractivity contribution >= 4 is 18.2 Å². The first-order valence-corrected chi connectivity index (χ1v) is 7.94. The third-order valence-corrected chi connectivity index (χ3v) is 3.10. The first-order chi connectivity index (χ1) is 11.9. The van der Waals surface area contributed by atoms with Crippen molar-refractivity contribution in [2.24, 2.45) is 5.92 Å². The largest absolute Gasteiger partial charge is 0.464 e. The van der Waals surface area contributed by atoms with Crippen molar-refractivity contribution in [1.82, 2.24) is 0 Å². The highest BCUT2D eigenvalue weighted by Gasteiger charge is 2.37. The molecular weight excluding hydrogens is 332 g/mol. The zero-order chi connectivity index (χ0) is 19.2. The van der Waals surface area contributed by atoms with Gasteiger partial charge in [-0.25, -0.2) is 4.79 Å². The summed E-state index contributed by atoms with van der Waals surface area (Å²) in [5, 5.41) is 0. The molecule has 1 saturated heterocycles. The number of hydrogen-bond acceptors (Lipinski definition) is 8. The molecular formula is C17H26O8. The summed E-state index contributed by atoms with van der Waals surface area (Å²) in [6.07, 6.45) is 3.45. The molecule has 8 heteroatoms. The molecule has 0 saturated carbocycles. The maximum Gasteiger partial charge on any atom is 0.342 e. The highest BCUT2D eigenvalue weighted by molar-refractivity contribution is 5.90. The van der Waals surface area contributed by atoms with E-state index in [0.717, 1.165) is 6.61 Å². The summed E-state index contributed by atoms with van der Waals surface area (Å²) in [6.45, 7) is 5.74. The average Bonchev–Trinajstić information content (AvgIpc) is 2.97. The van der Waals surface area contributed by atoms with Gasteiger partial charge in [0, 0.05) is 27.1 Å². The summed E-state index contributed by atoms with van der Waals surface area (Å²) in [5.74, 6) is 0.941. The molecule has 1 fully saturated rings. The Labute approximate surface area is 148 Å². The minimum absolute atomic E-state index is 0.0746. The fourth-order valence-corrected chi connectivity index (χ4v) is 1.88. The SMILES string of the molecule is C#CC1CC(OC(C)=O)OC1COC(C=O)C(=O)OCC.CCOC. The molecule has 0 N–H and O–H groups in total. The number of methoxy groups -OCH3 is 1. The molecule has 1 aliphatic rings. The maximum absolute atomic E-state index is 11.4. The maximum atomic E-state index is 11.4. The van der Waals surface area contributed by atoms with Crippen LogP contribution in [-0.4, -0.2) is 63.7 Å². The Morgan fingerprint density at radius 2 is 2.00 bits per heavy atom. The predicted molar refractivity (Wildman–Crippen MR) is 87.4 cm³/mol. The molecule has 8 nitrogen and oxygen atoms in total. The van der Waals surface area contributed by atoms with Gasteiger partial charge in [0.25, 0.3) is 0 Å². The summed E-state index contributed by atoms with van der Waals surface area (Å²) in [4.78, 5) is 33.1. The zero-order valence-corrected chi connectivity index (χ0v) is 15.1. The lowest BCUT2D eigenvalue weighted by Gasteiger charge is -2.17. The number of carbonyl (C=O) groups excluding carboxylic acids is 3. The molecule has 0 aliphatic carbocycles. The molecule has 0 bridgehead atoms. The first kappa shape index (κ1) is 23.1. The van der Waals surface area contributed by atoms with E-state index in [1.54, 1.807) is 14.0 Å². The van der Waals surface area contributed by atoms with Gasteiger partial charge < -0.3 is 23.7 Å². The van der Waals surface area contributed by atoms with E-state index in [0.29, 0.717) is 12.7 Å². The van der Waals surface area contributed by atoms with Crippen LogP contribution in [0.25, 0.3) is 0 Å². The van der Waals surface area contributed by atoms with E-state index >= 15 is 0 Å². The molecule has 25 heavy (non-hydrogen) atoms. The molecule has 142 valence electrons. The summed E-state index contributed by atoms with van der Waals surface area (Å²) < 4.78 is 24.8. The lowest BCUT2D eigenvalue weighted by molar-refractivity contribution is -0.178. The molecule has 0 spiro atoms. The Morgan fingerprint density at radius 1 is 1.36 bits per heavy atom. The third kappa shape index (κ3) is 9.19. The lowest BCUT2D eigenvalue weighted by Crippen LogP contribution is -2.33. The van der Waals surface area contributed by atoms with Gasteiger partial charge in [-0.2, -0.15) is 0 Å². The van der Waals surface area contributed by atoms with Crippen LogP contribution in [0.2, 0.25) is 0 Å². The minimum Gasteiger partial charge on any atom is -0.464 e. The van der Waals surface area contributed by atoms with Gasteiger partial charge in [0.05, 0.1) is 25.2 Å². The van der Waals surface area contributed by atoms with E-state index in [2.05, 4.69) is 10.7 Å². The topological polar surface area (TPSA) is 97.4 Å². The number of esters is 2. The van der Waals surface area contributed by atoms with E-state index in [-0.39, 0.29) is 19.1 Å². The predicted octanol–water partition coefficient (Wildman–Crippen LogP) is 0.714. The highest BCUT2D eigenvalue weighted by atomic mass is 16.7. The average molecular weight is 358 g/mol. The molecule has 0 radical (unpaired) electrons. The van der Waals surface area contributed by atoms with Crippen molar-refractivity contribution in [2.75, 3.05) is 26.9 Å². The molecule has 0 amide bonds. The van der Waals surface area contributed by atoms with E-state index in [4.69, 9.17) is 25.4 Å². The van der Waals surface area contributed by atoms with Gasteiger partial charge in [-0.05, 0) is 13.8 Å². The molecule has 0 aromatic rings. The Bertz CT molecular complexity index is 454. The van der Waals surface area contributed by atoms with Crippen LogP contribution in [0.15, 0.2) is 0 Å². The van der Waals surface area contributed by atoms with Crippen molar-refractivity contribution in [3.8, 4) is 12.3 Å². The van der Waals surface area contributed by atoms with Crippen LogP contribution >= 0.6 is 0 Å². The van der Waals surface area contributed by atoms with E-state index in [9.17, 15) is 14.4 Å². The van der Waals surface area contributed by atoms with Crippen LogP contribution < -0.4 is 0 Å². The third-order valence-electron chi connectivity index (χ3n) is 3.10. The lowest BCUT2D eigenvalue weighted by atomic mass is 10.0. The molecule has 4 unspecified atom stereocenters. The van der Waals surface area contributed by atoms with Gasteiger partial charge in [0.2, 0.25) is 12.4 Å². The fraction of sp³-hybridized carbons (Fsp3) is 0.706. The van der Waals surface area contributed by atoms with E-state index < -0.39 is 30.4 Å². The molecule has 1 rings (SSSR count). The first-order valence-electron chi connectivity index (χ1n) is 7.94. The summed E-state index contributed by atoms with van der Waals surface area (Å²) >= 11 is 0.